The lowest BCUT2D eigenvalue weighted by Gasteiger charge is -2.28. The van der Waals surface area contributed by atoms with Crippen LogP contribution < -0.4 is 0 Å². The Hall–Kier alpha value is 0.220. The highest BCUT2D eigenvalue weighted by molar-refractivity contribution is 9.09. The van der Waals surface area contributed by atoms with Crippen LogP contribution in [0, 0.1) is 17.3 Å². The summed E-state index contributed by atoms with van der Waals surface area (Å²) in [5.74, 6) is 2.17. The number of halogens is 1. The third kappa shape index (κ3) is 1.48. The van der Waals surface area contributed by atoms with Crippen molar-refractivity contribution in [2.75, 3.05) is 5.33 Å². The van der Waals surface area contributed by atoms with E-state index in [1.807, 2.05) is 0 Å². The van der Waals surface area contributed by atoms with Gasteiger partial charge in [0.1, 0.15) is 0 Å². The Kier molecular flexibility index (Phi) is 2.10. The van der Waals surface area contributed by atoms with Crippen LogP contribution in [0.2, 0.25) is 0 Å². The summed E-state index contributed by atoms with van der Waals surface area (Å²) >= 11 is 3.67. The van der Waals surface area contributed by atoms with Crippen molar-refractivity contribution in [1.82, 2.24) is 0 Å². The van der Waals surface area contributed by atoms with Gasteiger partial charge in [-0.3, -0.25) is 0 Å². The minimum absolute atomic E-state index is 0.597. The van der Waals surface area contributed by atoms with Crippen molar-refractivity contribution < 1.29 is 0 Å². The van der Waals surface area contributed by atoms with Crippen LogP contribution in [0.5, 0.6) is 0 Å². The van der Waals surface area contributed by atoms with Gasteiger partial charge in [-0.25, -0.2) is 0 Å². The molecule has 2 aliphatic rings. The SMILES string of the molecule is C=C(C)CC1(CBr)CC2CC2C1. The maximum absolute atomic E-state index is 4.03. The summed E-state index contributed by atoms with van der Waals surface area (Å²) in [4.78, 5) is 0. The number of rotatable bonds is 3. The van der Waals surface area contributed by atoms with Crippen molar-refractivity contribution in [3.05, 3.63) is 12.2 Å². The molecular weight excluding hydrogens is 212 g/mol. The van der Waals surface area contributed by atoms with Gasteiger partial charge >= 0.3 is 0 Å². The molecule has 2 fully saturated rings. The molecule has 2 saturated carbocycles. The largest absolute Gasteiger partial charge is 0.100 e. The van der Waals surface area contributed by atoms with E-state index >= 15 is 0 Å². The van der Waals surface area contributed by atoms with Gasteiger partial charge in [0.25, 0.3) is 0 Å². The number of fused-ring (bicyclic) bond motifs is 1. The zero-order valence-corrected chi connectivity index (χ0v) is 9.36. The molecule has 0 aromatic carbocycles. The molecule has 0 aromatic heterocycles. The number of hydrogen-bond acceptors (Lipinski definition) is 0. The summed E-state index contributed by atoms with van der Waals surface area (Å²) in [6, 6.07) is 0. The van der Waals surface area contributed by atoms with Gasteiger partial charge in [-0.15, -0.1) is 6.58 Å². The van der Waals surface area contributed by atoms with E-state index in [0.29, 0.717) is 5.41 Å². The summed E-state index contributed by atoms with van der Waals surface area (Å²) in [6.07, 6.45) is 5.67. The van der Waals surface area contributed by atoms with Gasteiger partial charge in [-0.1, -0.05) is 21.5 Å². The topological polar surface area (TPSA) is 0 Å². The third-order valence-electron chi connectivity index (χ3n) is 3.42. The first-order chi connectivity index (χ1) is 5.65. The number of hydrogen-bond donors (Lipinski definition) is 0. The fourth-order valence-corrected chi connectivity index (χ4v) is 3.60. The van der Waals surface area contributed by atoms with E-state index in [1.54, 1.807) is 0 Å². The third-order valence-corrected chi connectivity index (χ3v) is 4.61. The van der Waals surface area contributed by atoms with Crippen LogP contribution in [-0.2, 0) is 0 Å². The highest BCUT2D eigenvalue weighted by Crippen LogP contribution is 2.62. The molecule has 2 aliphatic carbocycles. The Bertz CT molecular complexity index is 197. The Labute approximate surface area is 83.6 Å². The Balaban J connectivity index is 2.00. The Morgan fingerprint density at radius 2 is 2.08 bits per heavy atom. The zero-order valence-electron chi connectivity index (χ0n) is 7.78. The van der Waals surface area contributed by atoms with Crippen molar-refractivity contribution >= 4 is 15.9 Å². The van der Waals surface area contributed by atoms with Crippen molar-refractivity contribution in [3.8, 4) is 0 Å². The molecule has 0 saturated heterocycles. The zero-order chi connectivity index (χ0) is 8.77. The summed E-state index contributed by atoms with van der Waals surface area (Å²) in [5, 5.41) is 1.18. The van der Waals surface area contributed by atoms with Crippen LogP contribution in [0.25, 0.3) is 0 Å². The van der Waals surface area contributed by atoms with Gasteiger partial charge in [-0.05, 0) is 49.9 Å². The first-order valence-corrected chi connectivity index (χ1v) is 5.98. The molecule has 0 aliphatic heterocycles. The molecule has 0 radical (unpaired) electrons. The van der Waals surface area contributed by atoms with Crippen LogP contribution in [0.15, 0.2) is 12.2 Å². The predicted octanol–water partition coefficient (Wildman–Crippen LogP) is 3.76. The highest BCUT2D eigenvalue weighted by Gasteiger charge is 2.52. The Morgan fingerprint density at radius 3 is 2.50 bits per heavy atom. The van der Waals surface area contributed by atoms with Crippen LogP contribution in [0.4, 0.5) is 0 Å². The van der Waals surface area contributed by atoms with E-state index in [-0.39, 0.29) is 0 Å². The van der Waals surface area contributed by atoms with Crippen molar-refractivity contribution in [2.24, 2.45) is 17.3 Å². The van der Waals surface area contributed by atoms with Crippen LogP contribution >= 0.6 is 15.9 Å². The lowest BCUT2D eigenvalue weighted by atomic mass is 9.80. The monoisotopic (exact) mass is 228 g/mol. The lowest BCUT2D eigenvalue weighted by molar-refractivity contribution is 0.308. The van der Waals surface area contributed by atoms with Crippen LogP contribution in [0.1, 0.15) is 32.6 Å². The average molecular weight is 229 g/mol. The second kappa shape index (κ2) is 2.87. The average Bonchev–Trinajstić information content (AvgIpc) is 2.59. The van der Waals surface area contributed by atoms with Gasteiger partial charge in [0.15, 0.2) is 0 Å². The second-order valence-electron chi connectivity index (χ2n) is 4.93. The van der Waals surface area contributed by atoms with E-state index in [1.165, 1.54) is 36.6 Å². The number of allylic oxidation sites excluding steroid dienone is 1. The van der Waals surface area contributed by atoms with Crippen LogP contribution in [-0.4, -0.2) is 5.33 Å². The molecule has 0 aromatic rings. The maximum atomic E-state index is 4.03. The normalized spacial score (nSPS) is 44.2. The summed E-state index contributed by atoms with van der Waals surface area (Å²) in [7, 11) is 0. The molecule has 68 valence electrons. The molecule has 2 rings (SSSR count). The molecule has 0 spiro atoms. The Morgan fingerprint density at radius 1 is 1.50 bits per heavy atom. The van der Waals surface area contributed by atoms with E-state index < -0.39 is 0 Å². The van der Waals surface area contributed by atoms with Crippen LogP contribution in [0.3, 0.4) is 0 Å². The van der Waals surface area contributed by atoms with E-state index in [0.717, 1.165) is 11.8 Å². The van der Waals surface area contributed by atoms with E-state index in [2.05, 4.69) is 29.4 Å². The molecule has 12 heavy (non-hydrogen) atoms. The minimum atomic E-state index is 0.597. The van der Waals surface area contributed by atoms with E-state index in [9.17, 15) is 0 Å². The van der Waals surface area contributed by atoms with Gasteiger partial charge in [-0.2, -0.15) is 0 Å². The molecule has 0 heterocycles. The van der Waals surface area contributed by atoms with Crippen molar-refractivity contribution in [3.63, 3.8) is 0 Å². The summed E-state index contributed by atoms with van der Waals surface area (Å²) in [6.45, 7) is 6.19. The highest BCUT2D eigenvalue weighted by atomic mass is 79.9. The quantitative estimate of drug-likeness (QED) is 0.510. The summed E-state index contributed by atoms with van der Waals surface area (Å²) < 4.78 is 0. The maximum Gasteiger partial charge on any atom is 0.00912 e. The molecule has 0 nitrogen and oxygen atoms in total. The molecule has 1 heteroatoms. The van der Waals surface area contributed by atoms with Gasteiger partial charge < -0.3 is 0 Å². The first kappa shape index (κ1) is 8.80. The number of alkyl halides is 1. The minimum Gasteiger partial charge on any atom is -0.100 e. The van der Waals surface area contributed by atoms with E-state index in [4.69, 9.17) is 0 Å². The molecule has 0 amide bonds. The van der Waals surface area contributed by atoms with Gasteiger partial charge in [0.05, 0.1) is 0 Å². The lowest BCUT2D eigenvalue weighted by Crippen LogP contribution is -2.20. The van der Waals surface area contributed by atoms with Gasteiger partial charge in [0, 0.05) is 5.33 Å². The fourth-order valence-electron chi connectivity index (χ4n) is 2.95. The standard InChI is InChI=1S/C11H17Br/c1-8(2)4-11(7-12)5-9-3-10(9)6-11/h9-10H,1,3-7H2,2H3. The molecule has 2 atom stereocenters. The smallest absolute Gasteiger partial charge is 0.00912 e. The first-order valence-electron chi connectivity index (χ1n) is 4.85. The molecule has 2 unspecified atom stereocenters. The van der Waals surface area contributed by atoms with Crippen molar-refractivity contribution in [1.29, 1.82) is 0 Å². The summed E-state index contributed by atoms with van der Waals surface area (Å²) in [5.41, 5.74) is 1.95. The molecule has 0 N–H and O–H groups in total. The predicted molar refractivity (Wildman–Crippen MR) is 56.5 cm³/mol. The second-order valence-corrected chi connectivity index (χ2v) is 5.49. The molecular formula is C11H17Br. The molecule has 0 bridgehead atoms. The van der Waals surface area contributed by atoms with Gasteiger partial charge in [0.2, 0.25) is 0 Å². The fraction of sp³-hybridized carbons (Fsp3) is 0.818. The van der Waals surface area contributed by atoms with Crippen molar-refractivity contribution in [2.45, 2.75) is 32.6 Å².